The van der Waals surface area contributed by atoms with Crippen molar-refractivity contribution in [1.82, 2.24) is 15.0 Å². The molecule has 1 aliphatic rings. The van der Waals surface area contributed by atoms with E-state index in [1.807, 2.05) is 0 Å². The van der Waals surface area contributed by atoms with Crippen molar-refractivity contribution in [2.75, 3.05) is 19.2 Å². The van der Waals surface area contributed by atoms with E-state index in [-0.39, 0.29) is 17.1 Å². The van der Waals surface area contributed by atoms with Gasteiger partial charge >= 0.3 is 13.2 Å². The Hall–Kier alpha value is -1.86. The van der Waals surface area contributed by atoms with Crippen molar-refractivity contribution < 1.29 is 38.2 Å². The first-order chi connectivity index (χ1) is 11.7. The molecule has 0 bridgehead atoms. The van der Waals surface area contributed by atoms with E-state index >= 15 is 0 Å². The smallest absolute Gasteiger partial charge is 0.351 e. The quantitative estimate of drug-likeness (QED) is 0.239. The number of nitrogen functional groups attached to an aromatic ring is 1. The van der Waals surface area contributed by atoms with Crippen molar-refractivity contribution in [1.29, 1.82) is 0 Å². The highest BCUT2D eigenvalue weighted by atomic mass is 31.2. The molecule has 1 unspecified atom stereocenters. The Labute approximate surface area is 139 Å². The number of aromatic amines is 2. The van der Waals surface area contributed by atoms with Gasteiger partial charge in [-0.05, 0) is 0 Å². The normalized spacial score (nSPS) is 27.2. The molecule has 1 fully saturated rings. The van der Waals surface area contributed by atoms with Crippen LogP contribution < -0.4 is 15.9 Å². The Bertz CT molecular complexity index is 877. The minimum atomic E-state index is -4.45. The molecule has 0 aliphatic carbocycles. The van der Waals surface area contributed by atoms with Gasteiger partial charge in [0.2, 0.25) is 11.7 Å². The third-order valence-electron chi connectivity index (χ3n) is 3.63. The largest absolute Gasteiger partial charge is 0.385 e. The molecule has 7 N–H and O–H groups in total. The number of rotatable bonds is 5. The van der Waals surface area contributed by atoms with Crippen LogP contribution in [0.4, 0.5) is 5.95 Å². The number of imidazole rings is 1. The van der Waals surface area contributed by atoms with Gasteiger partial charge < -0.3 is 34.8 Å². The summed E-state index contributed by atoms with van der Waals surface area (Å²) in [6.45, 7) is 0. The van der Waals surface area contributed by atoms with E-state index in [9.17, 15) is 14.5 Å². The maximum absolute atomic E-state index is 11.9. The minimum Gasteiger partial charge on any atom is -0.385 e. The molecule has 14 heteroatoms. The summed E-state index contributed by atoms with van der Waals surface area (Å²) in [7, 11) is -3.13. The number of aliphatic hydroxyl groups excluding tert-OH is 1. The lowest BCUT2D eigenvalue weighted by Crippen LogP contribution is -2.46. The molecule has 4 atom stereocenters. The van der Waals surface area contributed by atoms with E-state index in [2.05, 4.69) is 15.0 Å². The van der Waals surface area contributed by atoms with Gasteiger partial charge in [-0.15, -0.1) is 0 Å². The number of anilines is 1. The first-order valence-electron chi connectivity index (χ1n) is 7.02. The van der Waals surface area contributed by atoms with E-state index < -0.39 is 44.2 Å². The number of hydrogen-bond donors (Lipinski definition) is 6. The molecule has 0 saturated carbocycles. The molecule has 0 amide bonds. The first kappa shape index (κ1) is 17.9. The van der Waals surface area contributed by atoms with Crippen molar-refractivity contribution in [2.45, 2.75) is 24.7 Å². The summed E-state index contributed by atoms with van der Waals surface area (Å²) in [6.07, 6.45) is -4.17. The van der Waals surface area contributed by atoms with Crippen LogP contribution in [0.5, 0.6) is 0 Å². The molecule has 1 aliphatic heterocycles. The number of methoxy groups -OCH3 is 1. The number of ether oxygens (including phenoxy) is 3. The lowest BCUT2D eigenvalue weighted by Gasteiger charge is -2.16. The van der Waals surface area contributed by atoms with Gasteiger partial charge in [0, 0.05) is 7.11 Å². The number of aromatic nitrogens is 4. The van der Waals surface area contributed by atoms with E-state index in [1.54, 1.807) is 0 Å². The molecule has 3 rings (SSSR count). The molecule has 0 aromatic carbocycles. The van der Waals surface area contributed by atoms with Gasteiger partial charge in [0.15, 0.2) is 19.0 Å². The second-order valence-corrected chi connectivity index (χ2v) is 6.96. The zero-order chi connectivity index (χ0) is 18.4. The van der Waals surface area contributed by atoms with Gasteiger partial charge in [0.05, 0.1) is 0 Å². The predicted octanol–water partition coefficient (Wildman–Crippen LogP) is -2.50. The van der Waals surface area contributed by atoms with Crippen molar-refractivity contribution in [3.63, 3.8) is 0 Å². The summed E-state index contributed by atoms with van der Waals surface area (Å²) in [5, 5.41) is 10.2. The molecule has 1 saturated heterocycles. The fourth-order valence-electron chi connectivity index (χ4n) is 2.59. The van der Waals surface area contributed by atoms with Crippen LogP contribution in [0.2, 0.25) is 0 Å². The van der Waals surface area contributed by atoms with Crippen molar-refractivity contribution in [3.8, 4) is 0 Å². The Morgan fingerprint density at radius 3 is 2.88 bits per heavy atom. The average Bonchev–Trinajstić information content (AvgIpc) is 3.05. The topological polar surface area (TPSA) is 197 Å². The molecule has 0 radical (unpaired) electrons. The Morgan fingerprint density at radius 2 is 2.24 bits per heavy atom. The van der Waals surface area contributed by atoms with Crippen LogP contribution in [0.15, 0.2) is 11.1 Å². The minimum absolute atomic E-state index is 0.118. The number of nitrogens with zero attached hydrogens (tertiary/aromatic N) is 2. The van der Waals surface area contributed by atoms with Crippen molar-refractivity contribution >= 4 is 24.7 Å². The Kier molecular flexibility index (Phi) is 4.64. The maximum atomic E-state index is 11.9. The number of aliphatic hydroxyl groups is 1. The highest BCUT2D eigenvalue weighted by Gasteiger charge is 2.49. The number of fused-ring (bicyclic) bond motifs is 1. The van der Waals surface area contributed by atoms with Gasteiger partial charge in [-0.1, -0.05) is 4.98 Å². The average molecular weight is 378 g/mol. The molecule has 0 spiro atoms. The molecule has 2 aromatic rings. The molecule has 3 heterocycles. The lowest BCUT2D eigenvalue weighted by atomic mass is 10.2. The maximum Gasteiger partial charge on any atom is 0.351 e. The predicted molar refractivity (Wildman–Crippen MR) is 80.0 cm³/mol. The highest BCUT2D eigenvalue weighted by molar-refractivity contribution is 7.51. The van der Waals surface area contributed by atoms with Crippen LogP contribution in [0.1, 0.15) is 6.23 Å². The van der Waals surface area contributed by atoms with E-state index in [4.69, 9.17) is 29.7 Å². The number of hydrogen-bond acceptors (Lipinski definition) is 8. The Morgan fingerprint density at radius 1 is 1.52 bits per heavy atom. The number of nitrogens with one attached hydrogen (secondary N) is 2. The van der Waals surface area contributed by atoms with Crippen LogP contribution in [0.25, 0.3) is 11.2 Å². The van der Waals surface area contributed by atoms with Crippen LogP contribution in [0.3, 0.4) is 0 Å². The van der Waals surface area contributed by atoms with E-state index in [0.717, 1.165) is 0 Å². The fourth-order valence-corrected chi connectivity index (χ4v) is 2.93. The van der Waals surface area contributed by atoms with E-state index in [0.29, 0.717) is 0 Å². The first-order valence-corrected chi connectivity index (χ1v) is 8.81. The van der Waals surface area contributed by atoms with E-state index in [1.165, 1.54) is 18.0 Å². The Balaban J connectivity index is 1.94. The van der Waals surface area contributed by atoms with Gasteiger partial charge in [-0.3, -0.25) is 19.3 Å². The zero-order valence-corrected chi connectivity index (χ0v) is 13.8. The molecule has 25 heavy (non-hydrogen) atoms. The van der Waals surface area contributed by atoms with Gasteiger partial charge in [0.25, 0.3) is 11.5 Å². The van der Waals surface area contributed by atoms with Crippen LogP contribution in [0, 0.1) is 0 Å². The van der Waals surface area contributed by atoms with Crippen LogP contribution in [-0.2, 0) is 18.8 Å². The summed E-state index contributed by atoms with van der Waals surface area (Å²) in [5.41, 5.74) is 5.32. The summed E-state index contributed by atoms with van der Waals surface area (Å²) in [4.78, 5) is 38.7. The van der Waals surface area contributed by atoms with Crippen LogP contribution >= 0.6 is 7.60 Å². The fraction of sp³-hybridized carbons (Fsp3) is 0.545. The van der Waals surface area contributed by atoms with Gasteiger partial charge in [-0.25, -0.2) is 4.57 Å². The molecular formula is C11H17N5O8P+. The summed E-state index contributed by atoms with van der Waals surface area (Å²) >= 11 is 0. The summed E-state index contributed by atoms with van der Waals surface area (Å²) in [5.74, 6) is -0.118. The molecule has 138 valence electrons. The summed E-state index contributed by atoms with van der Waals surface area (Å²) < 4.78 is 28.0. The van der Waals surface area contributed by atoms with Gasteiger partial charge in [0.1, 0.15) is 12.2 Å². The standard InChI is InChI=1S/C11H16N5O8P/c1-22-6-5(17)10(23-3-25(19,20)21)24-9(6)16-2-13-4-7(16)14-11(12)15-8(4)18/h2,5-6,9-10,17H,3H2,1H3,(H5,12,14,15,18,19,20,21)/p+1/t5?,6-,9+,10-/m0/s1. The molecule has 2 aromatic heterocycles. The number of H-pyrrole nitrogens is 2. The zero-order valence-electron chi connectivity index (χ0n) is 12.9. The third kappa shape index (κ3) is 3.43. The number of nitrogens with two attached hydrogens (primary N) is 1. The van der Waals surface area contributed by atoms with Crippen molar-refractivity contribution in [2.24, 2.45) is 0 Å². The molecule has 13 nitrogen and oxygen atoms in total. The highest BCUT2D eigenvalue weighted by Crippen LogP contribution is 2.37. The van der Waals surface area contributed by atoms with Crippen molar-refractivity contribution in [3.05, 3.63) is 16.7 Å². The summed E-state index contributed by atoms with van der Waals surface area (Å²) in [6, 6.07) is 0. The van der Waals surface area contributed by atoms with Crippen LogP contribution in [-0.4, -0.2) is 61.8 Å². The molecular weight excluding hydrogens is 361 g/mol. The second-order valence-electron chi connectivity index (χ2n) is 5.38. The third-order valence-corrected chi connectivity index (χ3v) is 4.12. The van der Waals surface area contributed by atoms with Gasteiger partial charge in [-0.2, -0.15) is 0 Å². The monoisotopic (exact) mass is 378 g/mol. The lowest BCUT2D eigenvalue weighted by molar-refractivity contribution is -0.747. The SMILES string of the molecule is CO[C@H]1C(O)[C@@H](OCP(=O)(O)O)O[C@H]1[n+]1c[nH]c2c(=O)[nH]c(N)nc21. The second kappa shape index (κ2) is 6.46.